The van der Waals surface area contributed by atoms with Crippen molar-refractivity contribution in [2.75, 3.05) is 33.4 Å². The topological polar surface area (TPSA) is 90.7 Å². The summed E-state index contributed by atoms with van der Waals surface area (Å²) in [6.07, 6.45) is 0. The molecule has 0 fully saturated rings. The number of carbonyl (C=O) groups excluding carboxylic acids is 2. The molecular formula is C25H27N2O4P. The predicted octanol–water partition coefficient (Wildman–Crippen LogP) is 1.94. The summed E-state index contributed by atoms with van der Waals surface area (Å²) >= 11 is 0. The van der Waals surface area contributed by atoms with Crippen LogP contribution in [0, 0.1) is 0 Å². The number of esters is 1. The van der Waals surface area contributed by atoms with Crippen molar-refractivity contribution < 1.29 is 19.1 Å². The number of methoxy groups -OCH3 is 1. The fraction of sp³-hybridized carbons (Fsp3) is 0.200. The van der Waals surface area contributed by atoms with Gasteiger partial charge in [0.1, 0.15) is 0 Å². The van der Waals surface area contributed by atoms with Gasteiger partial charge in [-0.05, 0) is 36.7 Å². The van der Waals surface area contributed by atoms with Gasteiger partial charge in [-0.25, -0.2) is 4.79 Å². The number of rotatable bonds is 10. The molecule has 0 bridgehead atoms. The Hall–Kier alpha value is -3.05. The quantitative estimate of drug-likeness (QED) is 0.280. The maximum atomic E-state index is 12.8. The van der Waals surface area contributed by atoms with Gasteiger partial charge in [0.25, 0.3) is 5.91 Å². The Morgan fingerprint density at radius 1 is 0.906 bits per heavy atom. The average molecular weight is 450 g/mol. The Bertz CT molecular complexity index is 989. The van der Waals surface area contributed by atoms with E-state index in [1.165, 1.54) is 7.11 Å². The lowest BCUT2D eigenvalue weighted by molar-refractivity contribution is 0.0602. The molecular weight excluding hydrogens is 423 g/mol. The van der Waals surface area contributed by atoms with E-state index >= 15 is 0 Å². The third-order valence-electron chi connectivity index (χ3n) is 4.73. The van der Waals surface area contributed by atoms with Gasteiger partial charge in [0, 0.05) is 24.0 Å². The number of carbonyl (C=O) groups is 2. The second-order valence-electron chi connectivity index (χ2n) is 6.89. The molecule has 0 atom stereocenters. The first kappa shape index (κ1) is 23.6. The lowest BCUT2D eigenvalue weighted by Crippen LogP contribution is -2.30. The molecule has 0 spiro atoms. The molecule has 32 heavy (non-hydrogen) atoms. The van der Waals surface area contributed by atoms with Crippen LogP contribution in [0.4, 0.5) is 0 Å². The van der Waals surface area contributed by atoms with Gasteiger partial charge < -0.3 is 20.5 Å². The molecule has 7 heteroatoms. The van der Waals surface area contributed by atoms with E-state index in [0.29, 0.717) is 37.4 Å². The molecule has 0 unspecified atom stereocenters. The van der Waals surface area contributed by atoms with E-state index in [1.54, 1.807) is 18.2 Å². The molecule has 3 rings (SSSR count). The third kappa shape index (κ3) is 6.01. The van der Waals surface area contributed by atoms with Crippen LogP contribution in [0.25, 0.3) is 0 Å². The van der Waals surface area contributed by atoms with Crippen molar-refractivity contribution in [1.82, 2.24) is 5.32 Å². The smallest absolute Gasteiger partial charge is 0.338 e. The molecule has 0 aliphatic heterocycles. The van der Waals surface area contributed by atoms with E-state index < -0.39 is 13.9 Å². The normalized spacial score (nSPS) is 10.7. The summed E-state index contributed by atoms with van der Waals surface area (Å²) in [4.78, 5) is 25.4. The van der Waals surface area contributed by atoms with Gasteiger partial charge in [-0.1, -0.05) is 60.7 Å². The number of hydrogen-bond donors (Lipinski definition) is 2. The molecule has 0 heterocycles. The van der Waals surface area contributed by atoms with Crippen molar-refractivity contribution >= 4 is 35.7 Å². The highest BCUT2D eigenvalue weighted by Gasteiger charge is 2.24. The summed E-state index contributed by atoms with van der Waals surface area (Å²) in [5, 5.41) is 5.78. The Kier molecular flexibility index (Phi) is 8.93. The molecule has 0 saturated carbocycles. The number of nitrogens with two attached hydrogens (primary N) is 1. The van der Waals surface area contributed by atoms with Crippen molar-refractivity contribution in [1.29, 1.82) is 0 Å². The van der Waals surface area contributed by atoms with Gasteiger partial charge in [0.15, 0.2) is 0 Å². The minimum Gasteiger partial charge on any atom is -0.465 e. The predicted molar refractivity (Wildman–Crippen MR) is 129 cm³/mol. The standard InChI is InChI=1S/C25H27N2O4P/c1-30-25(29)22-13-12-19(24(28)27-15-17-31-16-14-26)18-23(22)32(20-8-4-2-5-9-20)21-10-6-3-7-11-21/h2-13,18H,14-17,26H2,1H3,(H,27,28). The number of nitrogens with one attached hydrogen (secondary N) is 1. The highest BCUT2D eigenvalue weighted by Crippen LogP contribution is 2.34. The van der Waals surface area contributed by atoms with Crippen LogP contribution in [-0.2, 0) is 9.47 Å². The maximum Gasteiger partial charge on any atom is 0.338 e. The maximum absolute atomic E-state index is 12.8. The Balaban J connectivity index is 2.01. The molecule has 3 N–H and O–H groups in total. The second-order valence-corrected chi connectivity index (χ2v) is 9.07. The summed E-state index contributed by atoms with van der Waals surface area (Å²) in [6, 6.07) is 25.1. The van der Waals surface area contributed by atoms with Gasteiger partial charge >= 0.3 is 5.97 Å². The van der Waals surface area contributed by atoms with Gasteiger partial charge in [-0.15, -0.1) is 0 Å². The van der Waals surface area contributed by atoms with Crippen LogP contribution in [0.15, 0.2) is 78.9 Å². The summed E-state index contributed by atoms with van der Waals surface area (Å²) in [5.74, 6) is -0.656. The molecule has 0 aromatic heterocycles. The Morgan fingerprint density at radius 2 is 1.53 bits per heavy atom. The van der Waals surface area contributed by atoms with Crippen LogP contribution < -0.4 is 27.0 Å². The fourth-order valence-corrected chi connectivity index (χ4v) is 5.72. The zero-order chi connectivity index (χ0) is 22.8. The summed E-state index contributed by atoms with van der Waals surface area (Å²) < 4.78 is 10.4. The summed E-state index contributed by atoms with van der Waals surface area (Å²) in [7, 11) is 0.276. The number of benzene rings is 3. The first-order valence-corrected chi connectivity index (χ1v) is 11.7. The van der Waals surface area contributed by atoms with Crippen molar-refractivity contribution in [3.05, 3.63) is 90.0 Å². The van der Waals surface area contributed by atoms with Crippen molar-refractivity contribution in [3.63, 3.8) is 0 Å². The molecule has 0 aliphatic carbocycles. The number of hydrogen-bond acceptors (Lipinski definition) is 5. The summed E-state index contributed by atoms with van der Waals surface area (Å²) in [6.45, 7) is 1.65. The molecule has 3 aromatic carbocycles. The minimum atomic E-state index is -1.09. The van der Waals surface area contributed by atoms with Crippen LogP contribution in [0.1, 0.15) is 20.7 Å². The van der Waals surface area contributed by atoms with Gasteiger partial charge in [-0.2, -0.15) is 0 Å². The van der Waals surface area contributed by atoms with Crippen LogP contribution in [0.5, 0.6) is 0 Å². The fourth-order valence-electron chi connectivity index (χ4n) is 3.25. The molecule has 0 saturated heterocycles. The molecule has 0 aliphatic rings. The van der Waals surface area contributed by atoms with Gasteiger partial charge in [-0.3, -0.25) is 4.79 Å². The van der Waals surface area contributed by atoms with E-state index in [-0.39, 0.29) is 5.91 Å². The Labute approximate surface area is 189 Å². The van der Waals surface area contributed by atoms with Crippen LogP contribution >= 0.6 is 7.92 Å². The van der Waals surface area contributed by atoms with Crippen LogP contribution in [0.2, 0.25) is 0 Å². The lowest BCUT2D eigenvalue weighted by Gasteiger charge is -2.22. The van der Waals surface area contributed by atoms with Crippen LogP contribution in [-0.4, -0.2) is 45.3 Å². The molecule has 6 nitrogen and oxygen atoms in total. The van der Waals surface area contributed by atoms with Crippen molar-refractivity contribution in [3.8, 4) is 0 Å². The van der Waals surface area contributed by atoms with Crippen molar-refractivity contribution in [2.24, 2.45) is 5.73 Å². The van der Waals surface area contributed by atoms with E-state index in [1.807, 2.05) is 60.7 Å². The molecule has 1 amide bonds. The molecule has 166 valence electrons. The highest BCUT2D eigenvalue weighted by atomic mass is 31.1. The highest BCUT2D eigenvalue weighted by molar-refractivity contribution is 7.80. The Morgan fingerprint density at radius 3 is 2.09 bits per heavy atom. The zero-order valence-corrected chi connectivity index (χ0v) is 18.9. The number of ether oxygens (including phenoxy) is 2. The second kappa shape index (κ2) is 12.1. The minimum absolute atomic E-state index is 0.227. The monoisotopic (exact) mass is 450 g/mol. The average Bonchev–Trinajstić information content (AvgIpc) is 2.85. The van der Waals surface area contributed by atoms with Gasteiger partial charge in [0.05, 0.1) is 25.9 Å². The molecule has 0 radical (unpaired) electrons. The molecule has 3 aromatic rings. The lowest BCUT2D eigenvalue weighted by atomic mass is 10.1. The van der Waals surface area contributed by atoms with E-state index in [4.69, 9.17) is 15.2 Å². The SMILES string of the molecule is COC(=O)c1ccc(C(=O)NCCOCCN)cc1P(c1ccccc1)c1ccccc1. The van der Waals surface area contributed by atoms with Crippen molar-refractivity contribution in [2.45, 2.75) is 0 Å². The van der Waals surface area contributed by atoms with Gasteiger partial charge in [0.2, 0.25) is 0 Å². The van der Waals surface area contributed by atoms with E-state index in [9.17, 15) is 9.59 Å². The first-order chi connectivity index (χ1) is 15.7. The number of amides is 1. The largest absolute Gasteiger partial charge is 0.465 e. The zero-order valence-electron chi connectivity index (χ0n) is 18.0. The van der Waals surface area contributed by atoms with E-state index in [2.05, 4.69) is 5.32 Å². The van der Waals surface area contributed by atoms with Crippen LogP contribution in [0.3, 0.4) is 0 Å². The van der Waals surface area contributed by atoms with E-state index in [0.717, 1.165) is 15.9 Å². The third-order valence-corrected chi connectivity index (χ3v) is 7.21. The summed E-state index contributed by atoms with van der Waals surface area (Å²) in [5.41, 5.74) is 6.33. The first-order valence-electron chi connectivity index (χ1n) is 10.3.